The maximum atomic E-state index is 11.0. The second kappa shape index (κ2) is 7.44. The number of carbonyl (C=O) groups is 2. The minimum atomic E-state index is -3.35. The van der Waals surface area contributed by atoms with Crippen LogP contribution in [0.15, 0.2) is 24.5 Å². The first-order valence-electron chi connectivity index (χ1n) is 5.64. The van der Waals surface area contributed by atoms with E-state index in [0.29, 0.717) is 5.56 Å². The first-order valence-corrected chi connectivity index (χ1v) is 8.50. The van der Waals surface area contributed by atoms with Crippen molar-refractivity contribution < 1.29 is 29.2 Å². The number of hydrogen-bond acceptors (Lipinski definition) is 5. The average Bonchev–Trinajstić information content (AvgIpc) is 2.34. The summed E-state index contributed by atoms with van der Waals surface area (Å²) in [6, 6.07) is 3.27. The summed E-state index contributed by atoms with van der Waals surface area (Å²) in [5, 5.41) is 17.5. The summed E-state index contributed by atoms with van der Waals surface area (Å²) in [5.41, 5.74) is 0.674. The Hall–Kier alpha value is -1.34. The molecule has 2 unspecified atom stereocenters. The standard InChI is InChI=1S/C11H14NO6PS/c13-10(14)2-1-9(11(15)16)18-19(17,20)7-8-3-5-12-6-4-8/h3-6,9H,1-2,7H2,(H,13,14)(H,15,16)(H,17,20). The lowest BCUT2D eigenvalue weighted by Gasteiger charge is -2.20. The molecule has 0 amide bonds. The number of pyridine rings is 1. The van der Waals surface area contributed by atoms with E-state index in [-0.39, 0.29) is 19.0 Å². The van der Waals surface area contributed by atoms with Gasteiger partial charge in [0.15, 0.2) is 12.6 Å². The highest BCUT2D eigenvalue weighted by Crippen LogP contribution is 2.47. The van der Waals surface area contributed by atoms with Gasteiger partial charge in [0, 0.05) is 25.0 Å². The van der Waals surface area contributed by atoms with Crippen molar-refractivity contribution in [1.82, 2.24) is 4.98 Å². The fourth-order valence-corrected chi connectivity index (χ4v) is 3.53. The third-order valence-corrected chi connectivity index (χ3v) is 4.31. The molecule has 3 N–H and O–H groups in total. The first kappa shape index (κ1) is 16.7. The molecular weight excluding hydrogens is 305 g/mol. The van der Waals surface area contributed by atoms with Crippen LogP contribution < -0.4 is 0 Å². The van der Waals surface area contributed by atoms with Gasteiger partial charge in [-0.15, -0.1) is 0 Å². The van der Waals surface area contributed by atoms with Gasteiger partial charge in [-0.2, -0.15) is 0 Å². The Labute approximate surface area is 120 Å². The summed E-state index contributed by atoms with van der Waals surface area (Å²) in [6.45, 7) is -3.35. The Morgan fingerprint density at radius 2 is 1.95 bits per heavy atom. The van der Waals surface area contributed by atoms with Crippen LogP contribution in [0.1, 0.15) is 18.4 Å². The first-order chi connectivity index (χ1) is 9.30. The zero-order valence-corrected chi connectivity index (χ0v) is 12.1. The normalized spacial score (nSPS) is 15.2. The highest BCUT2D eigenvalue weighted by Gasteiger charge is 2.27. The lowest BCUT2D eigenvalue weighted by atomic mass is 10.2. The SMILES string of the molecule is O=C(O)CCC(OP(O)(=S)Cc1ccncc1)C(=O)O. The van der Waals surface area contributed by atoms with Gasteiger partial charge in [0.25, 0.3) is 0 Å². The fourth-order valence-electron chi connectivity index (χ4n) is 1.43. The topological polar surface area (TPSA) is 117 Å². The van der Waals surface area contributed by atoms with Crippen LogP contribution in [-0.2, 0) is 32.1 Å². The van der Waals surface area contributed by atoms with E-state index in [0.717, 1.165) is 0 Å². The van der Waals surface area contributed by atoms with E-state index in [1.807, 2.05) is 0 Å². The lowest BCUT2D eigenvalue weighted by Crippen LogP contribution is -2.24. The molecule has 0 spiro atoms. The summed E-state index contributed by atoms with van der Waals surface area (Å²) in [7, 11) is 0. The van der Waals surface area contributed by atoms with Gasteiger partial charge in [-0.05, 0) is 35.9 Å². The van der Waals surface area contributed by atoms with E-state index in [2.05, 4.69) is 4.98 Å². The van der Waals surface area contributed by atoms with Crippen molar-refractivity contribution in [1.29, 1.82) is 0 Å². The van der Waals surface area contributed by atoms with Crippen molar-refractivity contribution >= 4 is 30.2 Å². The molecule has 20 heavy (non-hydrogen) atoms. The largest absolute Gasteiger partial charge is 0.481 e. The molecule has 0 saturated heterocycles. The van der Waals surface area contributed by atoms with E-state index in [4.69, 9.17) is 26.5 Å². The molecule has 0 bridgehead atoms. The zero-order chi connectivity index (χ0) is 15.2. The third kappa shape index (κ3) is 6.21. The van der Waals surface area contributed by atoms with Crippen molar-refractivity contribution in [3.8, 4) is 0 Å². The predicted octanol–water partition coefficient (Wildman–Crippen LogP) is 1.22. The summed E-state index contributed by atoms with van der Waals surface area (Å²) in [4.78, 5) is 35.3. The molecule has 7 nitrogen and oxygen atoms in total. The van der Waals surface area contributed by atoms with Gasteiger partial charge < -0.3 is 19.6 Å². The van der Waals surface area contributed by atoms with Crippen LogP contribution >= 0.6 is 6.49 Å². The second-order valence-corrected chi connectivity index (χ2v) is 7.53. The number of aromatic nitrogens is 1. The average molecular weight is 319 g/mol. The van der Waals surface area contributed by atoms with Crippen molar-refractivity contribution in [2.75, 3.05) is 0 Å². The number of carboxylic acid groups (broad SMARTS) is 2. The quantitative estimate of drug-likeness (QED) is 0.612. The Bertz CT molecular complexity index is 523. The van der Waals surface area contributed by atoms with Gasteiger partial charge in [-0.1, -0.05) is 0 Å². The van der Waals surface area contributed by atoms with Crippen LogP contribution in [0.4, 0.5) is 0 Å². The van der Waals surface area contributed by atoms with Gasteiger partial charge in [0.05, 0.1) is 0 Å². The number of hydrogen-bond donors (Lipinski definition) is 3. The smallest absolute Gasteiger partial charge is 0.333 e. The number of carboxylic acids is 2. The van der Waals surface area contributed by atoms with Crippen LogP contribution in [0.25, 0.3) is 0 Å². The Kier molecular flexibility index (Phi) is 6.22. The summed E-state index contributed by atoms with van der Waals surface area (Å²) >= 11 is 4.91. The van der Waals surface area contributed by atoms with Gasteiger partial charge in [0.2, 0.25) is 0 Å². The number of rotatable bonds is 8. The van der Waals surface area contributed by atoms with E-state index >= 15 is 0 Å². The molecule has 0 saturated carbocycles. The van der Waals surface area contributed by atoms with Crippen LogP contribution in [0.2, 0.25) is 0 Å². The van der Waals surface area contributed by atoms with Crippen molar-refractivity contribution in [2.24, 2.45) is 0 Å². The molecule has 0 aliphatic heterocycles. The number of nitrogens with zero attached hydrogens (tertiary/aromatic N) is 1. The Morgan fingerprint density at radius 3 is 2.45 bits per heavy atom. The van der Waals surface area contributed by atoms with E-state index in [1.165, 1.54) is 12.4 Å². The highest BCUT2D eigenvalue weighted by molar-refractivity contribution is 8.09. The Morgan fingerprint density at radius 1 is 1.35 bits per heavy atom. The molecule has 1 heterocycles. The minimum absolute atomic E-state index is 0.00169. The molecule has 0 radical (unpaired) electrons. The van der Waals surface area contributed by atoms with Crippen LogP contribution in [0, 0.1) is 0 Å². The molecule has 1 aromatic rings. The molecule has 0 aromatic carbocycles. The summed E-state index contributed by atoms with van der Waals surface area (Å²) in [5.74, 6) is -2.48. The van der Waals surface area contributed by atoms with Crippen molar-refractivity contribution in [2.45, 2.75) is 25.1 Å². The van der Waals surface area contributed by atoms with Crippen LogP contribution in [0.3, 0.4) is 0 Å². The van der Waals surface area contributed by atoms with Gasteiger partial charge in [0.1, 0.15) is 0 Å². The lowest BCUT2D eigenvalue weighted by molar-refractivity contribution is -0.146. The van der Waals surface area contributed by atoms with E-state index in [9.17, 15) is 14.5 Å². The number of aliphatic carboxylic acids is 2. The van der Waals surface area contributed by atoms with Crippen molar-refractivity contribution in [3.05, 3.63) is 30.1 Å². The Balaban J connectivity index is 2.68. The molecule has 1 aromatic heterocycles. The molecule has 2 atom stereocenters. The van der Waals surface area contributed by atoms with Crippen molar-refractivity contribution in [3.63, 3.8) is 0 Å². The third-order valence-electron chi connectivity index (χ3n) is 2.32. The van der Waals surface area contributed by atoms with E-state index in [1.54, 1.807) is 12.1 Å². The fraction of sp³-hybridized carbons (Fsp3) is 0.364. The minimum Gasteiger partial charge on any atom is -0.481 e. The molecule has 110 valence electrons. The zero-order valence-electron chi connectivity index (χ0n) is 10.4. The molecule has 0 aliphatic carbocycles. The molecule has 0 fully saturated rings. The second-order valence-electron chi connectivity index (χ2n) is 4.02. The molecular formula is C11H14NO6PS. The maximum Gasteiger partial charge on any atom is 0.333 e. The van der Waals surface area contributed by atoms with Crippen LogP contribution in [-0.4, -0.2) is 38.1 Å². The monoisotopic (exact) mass is 319 g/mol. The molecule has 9 heteroatoms. The van der Waals surface area contributed by atoms with Crippen LogP contribution in [0.5, 0.6) is 0 Å². The summed E-state index contributed by atoms with van der Waals surface area (Å²) in [6.07, 6.45) is 0.986. The highest BCUT2D eigenvalue weighted by atomic mass is 32.5. The predicted molar refractivity (Wildman–Crippen MR) is 73.8 cm³/mol. The van der Waals surface area contributed by atoms with Gasteiger partial charge >= 0.3 is 11.9 Å². The summed E-state index contributed by atoms with van der Waals surface area (Å²) < 4.78 is 5.05. The van der Waals surface area contributed by atoms with E-state index < -0.39 is 24.5 Å². The maximum absolute atomic E-state index is 11.0. The molecule has 1 rings (SSSR count). The molecule has 0 aliphatic rings. The van der Waals surface area contributed by atoms with Gasteiger partial charge in [-0.3, -0.25) is 9.78 Å². The van der Waals surface area contributed by atoms with Gasteiger partial charge in [-0.25, -0.2) is 4.79 Å².